The molecule has 0 aromatic heterocycles. The standard InChI is InChI=1S/C19H26BN3O3/c1-21-15-4-13-3-14(13)23(15)17(25)16(22-20-10-24)18-5-11-2-12(6-18)8-19(26,7-11)9-18/h10-16,20,22,26H,2-9H2/t11?,12?,13-,14?,15-,16+,18?,19?/m0/s1. The van der Waals surface area contributed by atoms with Gasteiger partial charge in [-0.1, -0.05) is 0 Å². The van der Waals surface area contributed by atoms with E-state index in [1.807, 2.05) is 4.90 Å². The molecule has 1 amide bonds. The topological polar surface area (TPSA) is 74.0 Å². The van der Waals surface area contributed by atoms with Gasteiger partial charge in [-0.05, 0) is 68.1 Å². The van der Waals surface area contributed by atoms with Gasteiger partial charge >= 0.3 is 6.17 Å². The first-order valence-corrected chi connectivity index (χ1v) is 10.1. The molecule has 0 radical (unpaired) electrons. The predicted molar refractivity (Wildman–Crippen MR) is 96.6 cm³/mol. The molecule has 0 aromatic rings. The van der Waals surface area contributed by atoms with Gasteiger partial charge in [-0.25, -0.2) is 6.57 Å². The van der Waals surface area contributed by atoms with E-state index in [9.17, 15) is 14.7 Å². The smallest absolute Gasteiger partial charge is 0.301 e. The molecule has 2 N–H and O–H groups in total. The van der Waals surface area contributed by atoms with E-state index in [4.69, 9.17) is 6.57 Å². The number of amides is 1. The summed E-state index contributed by atoms with van der Waals surface area (Å²) >= 11 is 0. The van der Waals surface area contributed by atoms with Crippen molar-refractivity contribution in [2.75, 3.05) is 0 Å². The fraction of sp³-hybridized carbons (Fsp3) is 0.842. The molecule has 4 bridgehead atoms. The van der Waals surface area contributed by atoms with Crippen LogP contribution in [0.2, 0.25) is 0 Å². The minimum absolute atomic E-state index is 0.00315. The Morgan fingerprint density at radius 1 is 1.27 bits per heavy atom. The number of carbonyl (C=O) groups is 2. The van der Waals surface area contributed by atoms with Gasteiger partial charge in [-0.2, -0.15) is 0 Å². The summed E-state index contributed by atoms with van der Waals surface area (Å²) in [4.78, 5) is 30.2. The van der Waals surface area contributed by atoms with Crippen molar-refractivity contribution in [1.82, 2.24) is 10.1 Å². The molecule has 5 aliphatic carbocycles. The summed E-state index contributed by atoms with van der Waals surface area (Å²) in [5.74, 6) is 1.46. The zero-order valence-corrected chi connectivity index (χ0v) is 15.1. The van der Waals surface area contributed by atoms with E-state index in [1.54, 1.807) is 0 Å². The summed E-state index contributed by atoms with van der Waals surface area (Å²) in [6.45, 7) is 7.48. The molecule has 6 nitrogen and oxygen atoms in total. The SMILES string of the molecule is [C-]#[N+][C@@H]1C[C@@H]2CC2N1C(=O)[C@@H](NBC=O)C12CC3CC(CC(O)(C3)C1)C2. The highest BCUT2D eigenvalue weighted by atomic mass is 16.3. The molecule has 6 rings (SSSR count). The third-order valence-electron chi connectivity index (χ3n) is 7.82. The first-order chi connectivity index (χ1) is 12.5. The van der Waals surface area contributed by atoms with Gasteiger partial charge in [0.1, 0.15) is 0 Å². The van der Waals surface area contributed by atoms with Crippen LogP contribution < -0.4 is 5.23 Å². The molecular formula is C19H26BN3O3. The van der Waals surface area contributed by atoms with Gasteiger partial charge in [0, 0.05) is 12.5 Å². The van der Waals surface area contributed by atoms with Gasteiger partial charge in [-0.15, -0.1) is 0 Å². The summed E-state index contributed by atoms with van der Waals surface area (Å²) in [7, 11) is 0.149. The number of hydrogen-bond donors (Lipinski definition) is 2. The average Bonchev–Trinajstić information content (AvgIpc) is 3.22. The third-order valence-corrected chi connectivity index (χ3v) is 7.82. The summed E-state index contributed by atoms with van der Waals surface area (Å²) in [5.41, 5.74) is -0.906. The summed E-state index contributed by atoms with van der Waals surface area (Å²) in [6.07, 6.45) is 7.73. The van der Waals surface area contributed by atoms with Crippen molar-refractivity contribution < 1.29 is 14.7 Å². The Morgan fingerprint density at radius 2 is 2.00 bits per heavy atom. The van der Waals surface area contributed by atoms with Gasteiger partial charge in [0.05, 0.1) is 17.8 Å². The van der Waals surface area contributed by atoms with Crippen LogP contribution in [0.5, 0.6) is 0 Å². The number of nitrogens with zero attached hydrogens (tertiary/aromatic N) is 2. The second-order valence-corrected chi connectivity index (χ2v) is 9.71. The van der Waals surface area contributed by atoms with Crippen molar-refractivity contribution >= 4 is 19.5 Å². The molecule has 6 fully saturated rings. The molecule has 1 saturated heterocycles. The maximum Gasteiger partial charge on any atom is 0.301 e. The molecule has 138 valence electrons. The van der Waals surface area contributed by atoms with E-state index >= 15 is 0 Å². The van der Waals surface area contributed by atoms with Crippen molar-refractivity contribution in [3.05, 3.63) is 11.4 Å². The van der Waals surface area contributed by atoms with Gasteiger partial charge in [-0.3, -0.25) is 14.5 Å². The van der Waals surface area contributed by atoms with Gasteiger partial charge in [0.25, 0.3) is 7.41 Å². The van der Waals surface area contributed by atoms with Crippen LogP contribution in [0.3, 0.4) is 0 Å². The second kappa shape index (κ2) is 5.56. The first kappa shape index (κ1) is 16.8. The Kier molecular flexibility index (Phi) is 3.58. The van der Waals surface area contributed by atoms with Crippen LogP contribution in [0.4, 0.5) is 0 Å². The summed E-state index contributed by atoms with van der Waals surface area (Å²) in [5, 5.41) is 14.3. The Balaban J connectivity index is 1.47. The van der Waals surface area contributed by atoms with Crippen molar-refractivity contribution in [3.63, 3.8) is 0 Å². The molecule has 6 aliphatic rings. The molecule has 1 heterocycles. The number of aliphatic hydroxyl groups is 1. The zero-order valence-electron chi connectivity index (χ0n) is 15.1. The zero-order chi connectivity index (χ0) is 18.1. The normalized spacial score (nSPS) is 48.6. The number of fused-ring (bicyclic) bond motifs is 1. The van der Waals surface area contributed by atoms with Gasteiger partial charge in [0.15, 0.2) is 0 Å². The Morgan fingerprint density at radius 3 is 2.62 bits per heavy atom. The van der Waals surface area contributed by atoms with E-state index in [0.29, 0.717) is 24.2 Å². The van der Waals surface area contributed by atoms with Gasteiger partial charge < -0.3 is 15.1 Å². The van der Waals surface area contributed by atoms with Crippen molar-refractivity contribution in [2.24, 2.45) is 23.2 Å². The average molecular weight is 355 g/mol. The summed E-state index contributed by atoms with van der Waals surface area (Å²) < 4.78 is 0. The lowest BCUT2D eigenvalue weighted by atomic mass is 9.45. The monoisotopic (exact) mass is 355 g/mol. The molecule has 26 heavy (non-hydrogen) atoms. The Labute approximate surface area is 154 Å². The maximum atomic E-state index is 13.6. The van der Waals surface area contributed by atoms with Crippen LogP contribution in [-0.2, 0) is 9.59 Å². The number of carbonyl (C=O) groups excluding carboxylic acids is 2. The third kappa shape index (κ3) is 2.38. The lowest BCUT2D eigenvalue weighted by molar-refractivity contribution is -0.179. The first-order valence-electron chi connectivity index (χ1n) is 10.1. The Bertz CT molecular complexity index is 678. The van der Waals surface area contributed by atoms with Crippen LogP contribution in [0.15, 0.2) is 0 Å². The lowest BCUT2D eigenvalue weighted by Crippen LogP contribution is -2.66. The highest BCUT2D eigenvalue weighted by Crippen LogP contribution is 2.63. The number of nitrogens with one attached hydrogen (secondary N) is 1. The van der Waals surface area contributed by atoms with E-state index < -0.39 is 11.6 Å². The fourth-order valence-electron chi connectivity index (χ4n) is 7.36. The van der Waals surface area contributed by atoms with Crippen molar-refractivity contribution in [1.29, 1.82) is 0 Å². The quantitative estimate of drug-likeness (QED) is 0.432. The van der Waals surface area contributed by atoms with E-state index in [-0.39, 0.29) is 30.9 Å². The van der Waals surface area contributed by atoms with E-state index in [1.165, 1.54) is 0 Å². The second-order valence-electron chi connectivity index (χ2n) is 9.71. The largest absolute Gasteiger partial charge is 0.390 e. The minimum atomic E-state index is -0.641. The van der Waals surface area contributed by atoms with Crippen LogP contribution >= 0.6 is 0 Å². The molecule has 0 aromatic carbocycles. The van der Waals surface area contributed by atoms with Crippen LogP contribution in [0, 0.1) is 29.7 Å². The minimum Gasteiger partial charge on any atom is -0.390 e. The van der Waals surface area contributed by atoms with E-state index in [2.05, 4.69) is 10.1 Å². The van der Waals surface area contributed by atoms with Gasteiger partial charge in [0.2, 0.25) is 5.91 Å². The lowest BCUT2D eigenvalue weighted by Gasteiger charge is -2.62. The molecule has 0 spiro atoms. The number of piperidine rings is 1. The highest BCUT2D eigenvalue weighted by molar-refractivity contribution is 6.64. The number of hydrogen-bond acceptors (Lipinski definition) is 4. The van der Waals surface area contributed by atoms with Crippen molar-refractivity contribution in [3.8, 4) is 0 Å². The van der Waals surface area contributed by atoms with Crippen LogP contribution in [0.1, 0.15) is 51.4 Å². The molecule has 5 saturated carbocycles. The fourth-order valence-corrected chi connectivity index (χ4v) is 7.36. The van der Waals surface area contributed by atoms with Crippen molar-refractivity contribution in [2.45, 2.75) is 75.2 Å². The molecular weight excluding hydrogens is 329 g/mol. The van der Waals surface area contributed by atoms with Crippen LogP contribution in [-0.4, -0.2) is 53.4 Å². The molecule has 6 atom stereocenters. The predicted octanol–water partition coefficient (Wildman–Crippen LogP) is 0.684. The van der Waals surface area contributed by atoms with E-state index in [0.717, 1.165) is 51.1 Å². The number of likely N-dealkylation sites (tertiary alicyclic amines) is 1. The molecule has 1 aliphatic heterocycles. The Hall–Kier alpha value is -1.39. The summed E-state index contributed by atoms with van der Waals surface area (Å²) in [6, 6.07) is -0.229. The van der Waals surface area contributed by atoms with Crippen LogP contribution in [0.25, 0.3) is 4.85 Å². The molecule has 7 heteroatoms. The number of rotatable bonds is 5. The molecule has 3 unspecified atom stereocenters. The highest BCUT2D eigenvalue weighted by Gasteiger charge is 2.64. The maximum absolute atomic E-state index is 13.6.